The van der Waals surface area contributed by atoms with Crippen molar-refractivity contribution in [2.45, 2.75) is 77.6 Å². The van der Waals surface area contributed by atoms with Gasteiger partial charge in [-0.1, -0.05) is 43.6 Å². The number of carbonyl (C=O) groups excluding carboxylic acids is 1. The number of nitriles is 1. The van der Waals surface area contributed by atoms with Gasteiger partial charge in [-0.3, -0.25) is 4.90 Å². The van der Waals surface area contributed by atoms with Crippen LogP contribution in [0.2, 0.25) is 18.1 Å². The van der Waals surface area contributed by atoms with Gasteiger partial charge in [0.1, 0.15) is 11.7 Å². The normalized spacial score (nSPS) is 19.7. The Labute approximate surface area is 184 Å². The molecule has 0 radical (unpaired) electrons. The number of amides is 1. The highest BCUT2D eigenvalue weighted by Crippen LogP contribution is 2.46. The molecule has 1 heterocycles. The highest BCUT2D eigenvalue weighted by Gasteiger charge is 2.47. The van der Waals surface area contributed by atoms with E-state index >= 15 is 0 Å². The van der Waals surface area contributed by atoms with Crippen molar-refractivity contribution >= 4 is 36.0 Å². The molecule has 1 atom stereocenters. The number of rotatable bonds is 3. The van der Waals surface area contributed by atoms with Gasteiger partial charge < -0.3 is 9.16 Å². The number of fused-ring (bicyclic) bond motifs is 1. The van der Waals surface area contributed by atoms with E-state index in [0.29, 0.717) is 24.4 Å². The van der Waals surface area contributed by atoms with Gasteiger partial charge in [0.2, 0.25) is 0 Å². The molecule has 0 aliphatic carbocycles. The molecule has 0 saturated carbocycles. The molecule has 0 fully saturated rings. The summed E-state index contributed by atoms with van der Waals surface area (Å²) in [5, 5.41) is 9.81. The maximum atomic E-state index is 13.0. The first-order valence-electron chi connectivity index (χ1n) is 9.89. The number of ether oxygens (including phenoxy) is 1. The average Bonchev–Trinajstić information content (AvgIpc) is 2.84. The first-order chi connectivity index (χ1) is 13.0. The maximum Gasteiger partial charge on any atom is 0.414 e. The van der Waals surface area contributed by atoms with Crippen molar-refractivity contribution in [1.82, 2.24) is 0 Å². The lowest BCUT2D eigenvalue weighted by molar-refractivity contribution is 0.0575. The van der Waals surface area contributed by atoms with Gasteiger partial charge in [0.25, 0.3) is 0 Å². The first kappa shape index (κ1) is 23.9. The van der Waals surface area contributed by atoms with Gasteiger partial charge in [-0.05, 0) is 56.6 Å². The molecule has 1 amide bonds. The second-order valence-corrected chi connectivity index (χ2v) is 16.4. The summed E-state index contributed by atoms with van der Waals surface area (Å²) < 4.78 is 13.0. The molecule has 7 heteroatoms. The van der Waals surface area contributed by atoms with Crippen LogP contribution in [0.25, 0.3) is 0 Å². The fourth-order valence-corrected chi connectivity index (χ4v) is 4.67. The van der Waals surface area contributed by atoms with Crippen molar-refractivity contribution in [1.29, 1.82) is 5.26 Å². The van der Waals surface area contributed by atoms with Crippen LogP contribution in [0.1, 0.15) is 59.6 Å². The zero-order valence-electron chi connectivity index (χ0n) is 19.1. The quantitative estimate of drug-likeness (QED) is 0.472. The predicted molar refractivity (Wildman–Crippen MR) is 123 cm³/mol. The Hall–Kier alpha value is -1.36. The molecule has 0 bridgehead atoms. The first-order valence-corrected chi connectivity index (χ1v) is 13.6. The van der Waals surface area contributed by atoms with Gasteiger partial charge in [-0.15, -0.1) is 0 Å². The van der Waals surface area contributed by atoms with Crippen LogP contribution in [0.5, 0.6) is 0 Å². The third-order valence-corrected chi connectivity index (χ3v) is 10.7. The highest BCUT2D eigenvalue weighted by atomic mass is 79.9. The molecule has 160 valence electrons. The van der Waals surface area contributed by atoms with Crippen LogP contribution < -0.4 is 4.90 Å². The third kappa shape index (κ3) is 5.04. The Bertz CT molecular complexity index is 849. The molecule has 5 nitrogen and oxygen atoms in total. The average molecular weight is 482 g/mol. The second kappa shape index (κ2) is 7.71. The summed E-state index contributed by atoms with van der Waals surface area (Å²) in [5.41, 5.74) is 0.975. The minimum absolute atomic E-state index is 0.0880. The lowest BCUT2D eigenvalue weighted by Crippen LogP contribution is -2.46. The SMILES string of the molecule is CC(C)(C)OC(=O)N1CC(C)(CO[Si](C)(C)C(C)(C)C)c2cc(Br)cc(C#N)c21. The number of nitrogens with zero attached hydrogens (tertiary/aromatic N) is 2. The van der Waals surface area contributed by atoms with Crippen LogP contribution in [0.4, 0.5) is 10.5 Å². The van der Waals surface area contributed by atoms with Crippen molar-refractivity contribution in [2.75, 3.05) is 18.1 Å². The van der Waals surface area contributed by atoms with Crippen molar-refractivity contribution in [3.63, 3.8) is 0 Å². The maximum absolute atomic E-state index is 13.0. The summed E-state index contributed by atoms with van der Waals surface area (Å²) >= 11 is 3.52. The molecular weight excluding hydrogens is 448 g/mol. The smallest absolute Gasteiger partial charge is 0.414 e. The minimum Gasteiger partial charge on any atom is -0.443 e. The Morgan fingerprint density at radius 2 is 1.86 bits per heavy atom. The molecule has 1 aromatic carbocycles. The number of halogens is 1. The van der Waals surface area contributed by atoms with Crippen LogP contribution in [0.3, 0.4) is 0 Å². The molecule has 1 aliphatic rings. The topological polar surface area (TPSA) is 62.6 Å². The van der Waals surface area contributed by atoms with Gasteiger partial charge in [-0.25, -0.2) is 4.79 Å². The number of anilines is 1. The standard InChI is InChI=1S/C22H33BrN2O3Si/c1-20(2,3)28-19(26)25-13-22(7,14-27-29(8,9)21(4,5)6)17-11-16(23)10-15(12-24)18(17)25/h10-11H,13-14H2,1-9H3. The van der Waals surface area contributed by atoms with Crippen molar-refractivity contribution in [3.8, 4) is 6.07 Å². The summed E-state index contributed by atoms with van der Waals surface area (Å²) in [7, 11) is -1.98. The van der Waals surface area contributed by atoms with Crippen molar-refractivity contribution in [2.24, 2.45) is 0 Å². The van der Waals surface area contributed by atoms with Crippen LogP contribution >= 0.6 is 15.9 Å². The van der Waals surface area contributed by atoms with E-state index in [1.165, 1.54) is 0 Å². The molecule has 0 spiro atoms. The molecule has 0 N–H and O–H groups in total. The predicted octanol–water partition coefficient (Wildman–Crippen LogP) is 6.36. The van der Waals surface area contributed by atoms with E-state index in [1.807, 2.05) is 26.8 Å². The van der Waals surface area contributed by atoms with Crippen LogP contribution in [0, 0.1) is 11.3 Å². The molecule has 2 rings (SSSR count). The van der Waals surface area contributed by atoms with Crippen LogP contribution in [-0.4, -0.2) is 33.2 Å². The van der Waals surface area contributed by atoms with Crippen molar-refractivity contribution in [3.05, 3.63) is 27.7 Å². The van der Waals surface area contributed by atoms with E-state index in [1.54, 1.807) is 11.0 Å². The molecule has 1 aliphatic heterocycles. The lowest BCUT2D eigenvalue weighted by atomic mass is 9.85. The van der Waals surface area contributed by atoms with E-state index in [9.17, 15) is 10.1 Å². The Morgan fingerprint density at radius 3 is 2.34 bits per heavy atom. The summed E-state index contributed by atoms with van der Waals surface area (Å²) in [5.74, 6) is 0. The molecule has 0 aromatic heterocycles. The van der Waals surface area contributed by atoms with Gasteiger partial charge in [0.05, 0.1) is 11.3 Å². The fourth-order valence-electron chi connectivity index (χ4n) is 3.10. The largest absolute Gasteiger partial charge is 0.443 e. The Kier molecular flexibility index (Phi) is 6.36. The van der Waals surface area contributed by atoms with E-state index in [0.717, 1.165) is 10.0 Å². The molecule has 29 heavy (non-hydrogen) atoms. The number of benzene rings is 1. The third-order valence-electron chi connectivity index (χ3n) is 5.79. The van der Waals surface area contributed by atoms with Crippen LogP contribution in [-0.2, 0) is 14.6 Å². The van der Waals surface area contributed by atoms with E-state index in [-0.39, 0.29) is 5.04 Å². The summed E-state index contributed by atoms with van der Waals surface area (Å²) in [4.78, 5) is 14.6. The van der Waals surface area contributed by atoms with Gasteiger partial charge in [-0.2, -0.15) is 5.26 Å². The summed E-state index contributed by atoms with van der Waals surface area (Å²) in [6.07, 6.45) is -0.436. The monoisotopic (exact) mass is 480 g/mol. The van der Waals surface area contributed by atoms with Crippen molar-refractivity contribution < 1.29 is 14.0 Å². The summed E-state index contributed by atoms with van der Waals surface area (Å²) in [6, 6.07) is 5.98. The van der Waals surface area contributed by atoms with E-state index in [2.05, 4.69) is 62.8 Å². The second-order valence-electron chi connectivity index (χ2n) is 10.6. The van der Waals surface area contributed by atoms with Crippen LogP contribution in [0.15, 0.2) is 16.6 Å². The van der Waals surface area contributed by atoms with Gasteiger partial charge >= 0.3 is 6.09 Å². The number of hydrogen-bond acceptors (Lipinski definition) is 4. The lowest BCUT2D eigenvalue weighted by Gasteiger charge is -2.39. The molecule has 1 unspecified atom stereocenters. The molecular formula is C22H33BrN2O3Si. The van der Waals surface area contributed by atoms with Gasteiger partial charge in [0.15, 0.2) is 8.32 Å². The number of carbonyl (C=O) groups is 1. The Balaban J connectivity index is 2.49. The van der Waals surface area contributed by atoms with E-state index in [4.69, 9.17) is 9.16 Å². The minimum atomic E-state index is -1.98. The summed E-state index contributed by atoms with van der Waals surface area (Å²) in [6.45, 7) is 19.6. The zero-order valence-corrected chi connectivity index (χ0v) is 21.7. The molecule has 0 saturated heterocycles. The van der Waals surface area contributed by atoms with E-state index < -0.39 is 25.4 Å². The number of hydrogen-bond donors (Lipinski definition) is 0. The molecule has 1 aromatic rings. The fraction of sp³-hybridized carbons (Fsp3) is 0.636. The zero-order chi connectivity index (χ0) is 22.4. The highest BCUT2D eigenvalue weighted by molar-refractivity contribution is 9.10. The Morgan fingerprint density at radius 1 is 1.28 bits per heavy atom. The van der Waals surface area contributed by atoms with Gasteiger partial charge in [0, 0.05) is 23.0 Å².